The van der Waals surface area contributed by atoms with E-state index < -0.39 is 0 Å². The van der Waals surface area contributed by atoms with Crippen LogP contribution in [0.3, 0.4) is 0 Å². The monoisotopic (exact) mass is 219 g/mol. The van der Waals surface area contributed by atoms with Gasteiger partial charge >= 0.3 is 0 Å². The quantitative estimate of drug-likeness (QED) is 0.554. The van der Waals surface area contributed by atoms with Gasteiger partial charge < -0.3 is 0 Å². The first-order chi connectivity index (χ1) is 7.19. The van der Waals surface area contributed by atoms with E-state index in [9.17, 15) is 0 Å². The van der Waals surface area contributed by atoms with Crippen molar-refractivity contribution in [2.45, 2.75) is 18.7 Å². The topological polar surface area (TPSA) is 12.4 Å². The Kier molecular flexibility index (Phi) is 4.63. The normalized spacial score (nSPS) is 10.7. The molecule has 0 aliphatic heterocycles. The Bertz CT molecular complexity index is 387. The minimum atomic E-state index is 1.22. The summed E-state index contributed by atoms with van der Waals surface area (Å²) >= 11 is 1.76. The summed E-state index contributed by atoms with van der Waals surface area (Å²) in [6, 6.07) is 8.55. The zero-order valence-electron chi connectivity index (χ0n) is 9.74. The van der Waals surface area contributed by atoms with Crippen LogP contribution in [0.4, 0.5) is 0 Å². The Morgan fingerprint density at radius 2 is 2.07 bits per heavy atom. The van der Waals surface area contributed by atoms with Gasteiger partial charge in [-0.05, 0) is 43.4 Å². The number of aliphatic imine (C=N–C) groups is 1. The van der Waals surface area contributed by atoms with Gasteiger partial charge in [-0.15, -0.1) is 11.8 Å². The maximum atomic E-state index is 4.10. The van der Waals surface area contributed by atoms with Crippen LogP contribution in [0.25, 0.3) is 5.57 Å². The molecule has 0 radical (unpaired) electrons. The molecule has 1 nitrogen and oxygen atoms in total. The van der Waals surface area contributed by atoms with Gasteiger partial charge in [0.2, 0.25) is 0 Å². The summed E-state index contributed by atoms with van der Waals surface area (Å²) in [5, 5.41) is 0. The molecule has 1 aromatic carbocycles. The van der Waals surface area contributed by atoms with Crippen LogP contribution in [0, 0.1) is 0 Å². The zero-order chi connectivity index (χ0) is 11.3. The third-order valence-corrected chi connectivity index (χ3v) is 2.90. The first-order valence-corrected chi connectivity index (χ1v) is 6.15. The van der Waals surface area contributed by atoms with Crippen molar-refractivity contribution in [1.82, 2.24) is 0 Å². The highest BCUT2D eigenvalue weighted by atomic mass is 32.2. The van der Waals surface area contributed by atoms with Crippen LogP contribution < -0.4 is 0 Å². The first kappa shape index (κ1) is 12.1. The number of allylic oxidation sites excluding steroid dienone is 2. The third kappa shape index (κ3) is 3.24. The van der Waals surface area contributed by atoms with E-state index in [-0.39, 0.29) is 0 Å². The maximum Gasteiger partial charge on any atom is 0.0286 e. The molecule has 0 fully saturated rings. The summed E-state index contributed by atoms with van der Waals surface area (Å²) in [7, 11) is 1.81. The molecule has 15 heavy (non-hydrogen) atoms. The Morgan fingerprint density at radius 3 is 2.60 bits per heavy atom. The van der Waals surface area contributed by atoms with Crippen molar-refractivity contribution in [2.24, 2.45) is 4.99 Å². The number of nitrogens with zero attached hydrogens (tertiary/aromatic N) is 1. The summed E-state index contributed by atoms with van der Waals surface area (Å²) < 4.78 is 0. The van der Waals surface area contributed by atoms with Crippen LogP contribution in [-0.4, -0.2) is 19.5 Å². The van der Waals surface area contributed by atoms with Gasteiger partial charge in [0.25, 0.3) is 0 Å². The van der Waals surface area contributed by atoms with Crippen LogP contribution in [0.15, 0.2) is 39.7 Å². The smallest absolute Gasteiger partial charge is 0.0286 e. The average molecular weight is 219 g/mol. The molecule has 0 aliphatic carbocycles. The van der Waals surface area contributed by atoms with E-state index in [1.54, 1.807) is 18.8 Å². The van der Waals surface area contributed by atoms with Gasteiger partial charge in [0.15, 0.2) is 0 Å². The molecule has 0 unspecified atom stereocenters. The van der Waals surface area contributed by atoms with Crippen molar-refractivity contribution in [3.8, 4) is 0 Å². The van der Waals surface area contributed by atoms with Gasteiger partial charge in [0, 0.05) is 18.2 Å². The lowest BCUT2D eigenvalue weighted by molar-refractivity contribution is 1.37. The number of rotatable bonds is 3. The second-order valence-electron chi connectivity index (χ2n) is 3.53. The fourth-order valence-corrected chi connectivity index (χ4v) is 1.87. The Balaban J connectivity index is 3.18. The second-order valence-corrected chi connectivity index (χ2v) is 4.41. The van der Waals surface area contributed by atoms with Gasteiger partial charge in [-0.1, -0.05) is 17.7 Å². The number of benzene rings is 1. The Labute approximate surface area is 96.3 Å². The van der Waals surface area contributed by atoms with Crippen molar-refractivity contribution < 1.29 is 0 Å². The highest BCUT2D eigenvalue weighted by molar-refractivity contribution is 7.98. The summed E-state index contributed by atoms with van der Waals surface area (Å²) in [6.07, 6.45) is 4.02. The molecule has 0 amide bonds. The molecule has 0 N–H and O–H groups in total. The zero-order valence-corrected chi connectivity index (χ0v) is 10.6. The lowest BCUT2D eigenvalue weighted by Gasteiger charge is -2.06. The highest BCUT2D eigenvalue weighted by Crippen LogP contribution is 2.22. The molecule has 0 aliphatic rings. The van der Waals surface area contributed by atoms with Crippen LogP contribution in [0.2, 0.25) is 0 Å². The van der Waals surface area contributed by atoms with Gasteiger partial charge in [0.1, 0.15) is 0 Å². The molecule has 1 rings (SSSR count). The molecule has 0 heterocycles. The molecule has 0 bridgehead atoms. The molecule has 0 atom stereocenters. The van der Waals surface area contributed by atoms with Crippen LogP contribution >= 0.6 is 11.8 Å². The van der Waals surface area contributed by atoms with Crippen LogP contribution in [0.1, 0.15) is 19.4 Å². The van der Waals surface area contributed by atoms with E-state index in [2.05, 4.69) is 49.4 Å². The SMILES string of the molecule is CN=CC(=C(C)C)c1cccc(SC)c1. The maximum absolute atomic E-state index is 4.10. The van der Waals surface area contributed by atoms with Crippen molar-refractivity contribution in [3.05, 3.63) is 35.4 Å². The number of thioether (sulfide) groups is 1. The average Bonchev–Trinajstić information content (AvgIpc) is 2.25. The predicted molar refractivity (Wildman–Crippen MR) is 70.9 cm³/mol. The third-order valence-electron chi connectivity index (χ3n) is 2.18. The molecule has 0 aromatic heterocycles. The van der Waals surface area contributed by atoms with Crippen LogP contribution in [-0.2, 0) is 0 Å². The summed E-state index contributed by atoms with van der Waals surface area (Å²) in [5.74, 6) is 0. The molecule has 80 valence electrons. The number of hydrogen-bond acceptors (Lipinski definition) is 2. The van der Waals surface area contributed by atoms with E-state index in [1.807, 2.05) is 6.21 Å². The van der Waals surface area contributed by atoms with Crippen LogP contribution in [0.5, 0.6) is 0 Å². The lowest BCUT2D eigenvalue weighted by atomic mass is 10.0. The molecule has 0 saturated carbocycles. The highest BCUT2D eigenvalue weighted by Gasteiger charge is 2.01. The molecular weight excluding hydrogens is 202 g/mol. The van der Waals surface area contributed by atoms with Crippen molar-refractivity contribution >= 4 is 23.5 Å². The van der Waals surface area contributed by atoms with Crippen molar-refractivity contribution in [3.63, 3.8) is 0 Å². The fourth-order valence-electron chi connectivity index (χ4n) is 1.41. The van der Waals surface area contributed by atoms with Crippen molar-refractivity contribution in [1.29, 1.82) is 0 Å². The second kappa shape index (κ2) is 5.76. The molecular formula is C13H17NS. The fraction of sp³-hybridized carbons (Fsp3) is 0.308. The Morgan fingerprint density at radius 1 is 1.33 bits per heavy atom. The molecule has 0 spiro atoms. The van der Waals surface area contributed by atoms with E-state index in [0.717, 1.165) is 0 Å². The summed E-state index contributed by atoms with van der Waals surface area (Å²) in [6.45, 7) is 4.23. The van der Waals surface area contributed by atoms with Gasteiger partial charge in [-0.3, -0.25) is 4.99 Å². The van der Waals surface area contributed by atoms with E-state index in [1.165, 1.54) is 21.6 Å². The Hall–Kier alpha value is -1.02. The number of hydrogen-bond donors (Lipinski definition) is 0. The summed E-state index contributed by atoms with van der Waals surface area (Å²) in [5.41, 5.74) is 3.75. The minimum Gasteiger partial charge on any atom is -0.296 e. The molecule has 2 heteroatoms. The minimum absolute atomic E-state index is 1.22. The van der Waals surface area contributed by atoms with E-state index in [4.69, 9.17) is 0 Å². The standard InChI is InChI=1S/C13H17NS/c1-10(2)13(9-14-3)11-6-5-7-12(8-11)15-4/h5-9H,1-4H3. The molecule has 0 saturated heterocycles. The largest absolute Gasteiger partial charge is 0.296 e. The summed E-state index contributed by atoms with van der Waals surface area (Å²) in [4.78, 5) is 5.39. The van der Waals surface area contributed by atoms with E-state index in [0.29, 0.717) is 0 Å². The van der Waals surface area contributed by atoms with E-state index >= 15 is 0 Å². The predicted octanol–water partition coefficient (Wildman–Crippen LogP) is 3.90. The van der Waals surface area contributed by atoms with Gasteiger partial charge in [-0.25, -0.2) is 0 Å². The van der Waals surface area contributed by atoms with Gasteiger partial charge in [-0.2, -0.15) is 0 Å². The van der Waals surface area contributed by atoms with Gasteiger partial charge in [0.05, 0.1) is 0 Å². The van der Waals surface area contributed by atoms with Crippen molar-refractivity contribution in [2.75, 3.05) is 13.3 Å². The first-order valence-electron chi connectivity index (χ1n) is 4.93. The molecule has 1 aromatic rings. The lowest BCUT2D eigenvalue weighted by Crippen LogP contribution is -1.89.